The average molecular weight is 476 g/mol. The number of carboxylic acid groups (broad SMARTS) is 1. The second-order valence-electron chi connectivity index (χ2n) is 8.99. The number of nitrogens with zero attached hydrogens (tertiary/aromatic N) is 1. The zero-order valence-electron chi connectivity index (χ0n) is 20.3. The van der Waals surface area contributed by atoms with E-state index in [4.69, 9.17) is 9.84 Å². The van der Waals surface area contributed by atoms with Crippen LogP contribution in [0.5, 0.6) is 5.75 Å². The lowest BCUT2D eigenvalue weighted by molar-refractivity contribution is -0.137. The summed E-state index contributed by atoms with van der Waals surface area (Å²) in [6, 6.07) is 24.8. The first kappa shape index (κ1) is 26.0. The number of rotatable bonds is 12. The van der Waals surface area contributed by atoms with Crippen molar-refractivity contribution in [1.29, 1.82) is 0 Å². The van der Waals surface area contributed by atoms with E-state index in [1.54, 1.807) is 26.0 Å². The van der Waals surface area contributed by atoms with Crippen LogP contribution in [0.25, 0.3) is 11.1 Å². The van der Waals surface area contributed by atoms with Crippen LogP contribution in [-0.2, 0) is 11.3 Å². The fourth-order valence-corrected chi connectivity index (χ4v) is 3.79. The van der Waals surface area contributed by atoms with Crippen LogP contribution >= 0.6 is 0 Å². The van der Waals surface area contributed by atoms with Crippen LogP contribution in [0.3, 0.4) is 0 Å². The molecule has 3 rings (SSSR count). The van der Waals surface area contributed by atoms with E-state index in [9.17, 15) is 14.7 Å². The van der Waals surface area contributed by atoms with Gasteiger partial charge < -0.3 is 19.8 Å². The van der Waals surface area contributed by atoms with E-state index >= 15 is 0 Å². The SMILES string of the molecule is CC(C)(O)N(Cc1ccccc1OCCCCCC(=O)O)C(=O)c1ccc(-c2ccccc2)cc1. The molecule has 0 aromatic heterocycles. The van der Waals surface area contributed by atoms with Crippen LogP contribution in [0.1, 0.15) is 55.5 Å². The Morgan fingerprint density at radius 1 is 0.829 bits per heavy atom. The molecule has 0 aliphatic carbocycles. The second-order valence-corrected chi connectivity index (χ2v) is 8.99. The van der Waals surface area contributed by atoms with Gasteiger partial charge in [-0.2, -0.15) is 0 Å². The largest absolute Gasteiger partial charge is 0.493 e. The number of hydrogen-bond donors (Lipinski definition) is 2. The van der Waals surface area contributed by atoms with Crippen LogP contribution in [-0.4, -0.2) is 39.3 Å². The molecule has 1 amide bonds. The molecule has 0 saturated heterocycles. The van der Waals surface area contributed by atoms with Crippen molar-refractivity contribution in [2.24, 2.45) is 0 Å². The lowest BCUT2D eigenvalue weighted by Crippen LogP contribution is -2.47. The van der Waals surface area contributed by atoms with Gasteiger partial charge >= 0.3 is 5.97 Å². The topological polar surface area (TPSA) is 87.1 Å². The molecule has 184 valence electrons. The Bertz CT molecular complexity index is 1100. The molecule has 0 heterocycles. The Morgan fingerprint density at radius 3 is 2.11 bits per heavy atom. The van der Waals surface area contributed by atoms with E-state index < -0.39 is 11.7 Å². The highest BCUT2D eigenvalue weighted by Crippen LogP contribution is 2.26. The number of unbranched alkanes of at least 4 members (excludes halogenated alkanes) is 2. The molecule has 0 radical (unpaired) electrons. The molecular weight excluding hydrogens is 442 g/mol. The van der Waals surface area contributed by atoms with E-state index in [0.29, 0.717) is 24.3 Å². The van der Waals surface area contributed by atoms with Crippen molar-refractivity contribution in [1.82, 2.24) is 4.90 Å². The molecule has 0 fully saturated rings. The molecule has 0 atom stereocenters. The maximum atomic E-state index is 13.4. The lowest BCUT2D eigenvalue weighted by atomic mass is 10.0. The van der Waals surface area contributed by atoms with E-state index in [1.807, 2.05) is 66.7 Å². The van der Waals surface area contributed by atoms with Crippen LogP contribution in [0.15, 0.2) is 78.9 Å². The minimum atomic E-state index is -1.39. The molecule has 0 saturated carbocycles. The van der Waals surface area contributed by atoms with Gasteiger partial charge in [0, 0.05) is 17.5 Å². The fraction of sp³-hybridized carbons (Fsp3) is 0.310. The van der Waals surface area contributed by atoms with E-state index in [2.05, 4.69) is 0 Å². The Kier molecular flexibility index (Phi) is 9.04. The zero-order valence-corrected chi connectivity index (χ0v) is 20.3. The van der Waals surface area contributed by atoms with Crippen molar-refractivity contribution in [3.8, 4) is 16.9 Å². The van der Waals surface area contributed by atoms with Gasteiger partial charge in [0.25, 0.3) is 5.91 Å². The van der Waals surface area contributed by atoms with Crippen LogP contribution in [0.2, 0.25) is 0 Å². The quantitative estimate of drug-likeness (QED) is 0.257. The van der Waals surface area contributed by atoms with E-state index in [0.717, 1.165) is 29.5 Å². The highest BCUT2D eigenvalue weighted by Gasteiger charge is 2.30. The van der Waals surface area contributed by atoms with Crippen molar-refractivity contribution in [3.05, 3.63) is 90.0 Å². The second kappa shape index (κ2) is 12.2. The number of carboxylic acids is 1. The van der Waals surface area contributed by atoms with Crippen molar-refractivity contribution in [2.45, 2.75) is 51.8 Å². The maximum absolute atomic E-state index is 13.4. The van der Waals surface area contributed by atoms with Gasteiger partial charge in [-0.15, -0.1) is 0 Å². The Balaban J connectivity index is 1.70. The summed E-state index contributed by atoms with van der Waals surface area (Å²) in [5, 5.41) is 19.6. The smallest absolute Gasteiger partial charge is 0.303 e. The van der Waals surface area contributed by atoms with Gasteiger partial charge in [0.1, 0.15) is 11.5 Å². The number of aliphatic carboxylic acids is 1. The number of carbonyl (C=O) groups is 2. The summed E-state index contributed by atoms with van der Waals surface area (Å²) in [6.45, 7) is 3.82. The third-order valence-corrected chi connectivity index (χ3v) is 5.74. The summed E-state index contributed by atoms with van der Waals surface area (Å²) in [6.07, 6.45) is 2.28. The van der Waals surface area contributed by atoms with Crippen LogP contribution in [0.4, 0.5) is 0 Å². The van der Waals surface area contributed by atoms with Gasteiger partial charge in [-0.3, -0.25) is 9.59 Å². The molecule has 0 spiro atoms. The first-order valence-electron chi connectivity index (χ1n) is 11.9. The molecule has 0 bridgehead atoms. The molecular formula is C29H33NO5. The first-order valence-corrected chi connectivity index (χ1v) is 11.9. The van der Waals surface area contributed by atoms with Crippen LogP contribution in [0, 0.1) is 0 Å². The Morgan fingerprint density at radius 2 is 1.46 bits per heavy atom. The summed E-state index contributed by atoms with van der Waals surface area (Å²) in [4.78, 5) is 25.5. The van der Waals surface area contributed by atoms with E-state index in [1.165, 1.54) is 4.90 Å². The van der Waals surface area contributed by atoms with Gasteiger partial charge in [-0.25, -0.2) is 0 Å². The number of benzene rings is 3. The molecule has 35 heavy (non-hydrogen) atoms. The minimum Gasteiger partial charge on any atom is -0.493 e. The zero-order chi connectivity index (χ0) is 25.3. The third kappa shape index (κ3) is 7.69. The lowest BCUT2D eigenvalue weighted by Gasteiger charge is -2.34. The molecule has 0 aliphatic rings. The van der Waals surface area contributed by atoms with Gasteiger partial charge in [0.2, 0.25) is 0 Å². The van der Waals surface area contributed by atoms with Gasteiger partial charge in [0.05, 0.1) is 13.2 Å². The summed E-state index contributed by atoms with van der Waals surface area (Å²) < 4.78 is 5.94. The predicted octanol–water partition coefficient (Wildman–Crippen LogP) is 5.75. The number of aliphatic hydroxyl groups is 1. The number of amides is 1. The first-order chi connectivity index (χ1) is 16.8. The molecule has 2 N–H and O–H groups in total. The maximum Gasteiger partial charge on any atom is 0.303 e. The predicted molar refractivity (Wildman–Crippen MR) is 136 cm³/mol. The van der Waals surface area contributed by atoms with Gasteiger partial charge in [-0.05, 0) is 62.4 Å². The molecule has 6 nitrogen and oxygen atoms in total. The molecule has 3 aromatic rings. The average Bonchev–Trinajstić information content (AvgIpc) is 2.84. The highest BCUT2D eigenvalue weighted by molar-refractivity contribution is 5.95. The number of carbonyl (C=O) groups excluding carboxylic acids is 1. The highest BCUT2D eigenvalue weighted by atomic mass is 16.5. The van der Waals surface area contributed by atoms with Crippen LogP contribution < -0.4 is 4.74 Å². The molecule has 3 aromatic carbocycles. The Labute approximate surface area is 206 Å². The third-order valence-electron chi connectivity index (χ3n) is 5.74. The number of hydrogen-bond acceptors (Lipinski definition) is 4. The summed E-state index contributed by atoms with van der Waals surface area (Å²) >= 11 is 0. The monoisotopic (exact) mass is 475 g/mol. The summed E-state index contributed by atoms with van der Waals surface area (Å²) in [5.74, 6) is -0.421. The van der Waals surface area contributed by atoms with E-state index in [-0.39, 0.29) is 18.9 Å². The van der Waals surface area contributed by atoms with Crippen molar-refractivity contribution >= 4 is 11.9 Å². The normalized spacial score (nSPS) is 11.2. The number of para-hydroxylation sites is 1. The Hall–Kier alpha value is -3.64. The standard InChI is InChI=1S/C29H33NO5/c1-29(2,34)30(28(33)24-18-16-23(17-19-24)22-11-5-3-6-12-22)21-25-13-8-9-14-26(25)35-20-10-4-7-15-27(31)32/h3,5-6,8-9,11-14,16-19,34H,4,7,10,15,20-21H2,1-2H3,(H,31,32). The summed E-state index contributed by atoms with van der Waals surface area (Å²) in [5.41, 5.74) is 1.97. The van der Waals surface area contributed by atoms with Crippen molar-refractivity contribution in [3.63, 3.8) is 0 Å². The van der Waals surface area contributed by atoms with Crippen molar-refractivity contribution < 1.29 is 24.5 Å². The van der Waals surface area contributed by atoms with Crippen molar-refractivity contribution in [2.75, 3.05) is 6.61 Å². The molecule has 0 aliphatic heterocycles. The fourth-order valence-electron chi connectivity index (χ4n) is 3.79. The van der Waals surface area contributed by atoms with Gasteiger partial charge in [0.15, 0.2) is 0 Å². The molecule has 6 heteroatoms. The minimum absolute atomic E-state index is 0.158. The number of ether oxygens (including phenoxy) is 1. The summed E-state index contributed by atoms with van der Waals surface area (Å²) in [7, 11) is 0. The molecule has 0 unspecified atom stereocenters. The van der Waals surface area contributed by atoms with Gasteiger partial charge in [-0.1, -0.05) is 60.7 Å².